The van der Waals surface area contributed by atoms with Crippen LogP contribution in [0.4, 0.5) is 11.4 Å². The summed E-state index contributed by atoms with van der Waals surface area (Å²) < 4.78 is 60.6. The molecular weight excluding hydrogens is 522 g/mol. The van der Waals surface area contributed by atoms with E-state index in [-0.39, 0.29) is 21.6 Å². The lowest BCUT2D eigenvalue weighted by Gasteiger charge is -2.30. The van der Waals surface area contributed by atoms with Crippen molar-refractivity contribution in [1.29, 1.82) is 0 Å². The van der Waals surface area contributed by atoms with Crippen LogP contribution in [0.3, 0.4) is 0 Å². The lowest BCUT2D eigenvalue weighted by Crippen LogP contribution is -2.43. The Morgan fingerprint density at radius 2 is 1.72 bits per heavy atom. The van der Waals surface area contributed by atoms with E-state index in [2.05, 4.69) is 10.0 Å². The highest BCUT2D eigenvalue weighted by Crippen LogP contribution is 2.27. The van der Waals surface area contributed by atoms with Gasteiger partial charge in [0, 0.05) is 24.5 Å². The van der Waals surface area contributed by atoms with Crippen LogP contribution in [0.2, 0.25) is 0 Å². The first-order chi connectivity index (χ1) is 17.2. The van der Waals surface area contributed by atoms with Crippen LogP contribution < -0.4 is 14.8 Å². The Labute approximate surface area is 215 Å². The van der Waals surface area contributed by atoms with Crippen LogP contribution in [-0.2, 0) is 24.8 Å². The number of hydrogen-bond acceptors (Lipinski definition) is 7. The second kappa shape index (κ2) is 11.0. The summed E-state index contributed by atoms with van der Waals surface area (Å²) in [6, 6.07) is 15.7. The first-order valence-corrected chi connectivity index (χ1v) is 15.2. The van der Waals surface area contributed by atoms with E-state index in [1.54, 1.807) is 41.8 Å². The van der Waals surface area contributed by atoms with Crippen LogP contribution in [0, 0.1) is 5.92 Å². The molecule has 1 aliphatic heterocycles. The molecule has 1 amide bonds. The quantitative estimate of drug-likeness (QED) is 0.416. The molecule has 0 radical (unpaired) electrons. The zero-order chi connectivity index (χ0) is 25.8. The van der Waals surface area contributed by atoms with E-state index < -0.39 is 26.0 Å². The summed E-state index contributed by atoms with van der Waals surface area (Å²) in [6.45, 7) is 2.85. The molecule has 9 nitrogen and oxygen atoms in total. The minimum absolute atomic E-state index is 0.0419. The van der Waals surface area contributed by atoms with Crippen molar-refractivity contribution in [3.63, 3.8) is 0 Å². The van der Waals surface area contributed by atoms with Crippen molar-refractivity contribution < 1.29 is 26.4 Å². The third kappa shape index (κ3) is 6.06. The second-order valence-electron chi connectivity index (χ2n) is 8.21. The van der Waals surface area contributed by atoms with Crippen LogP contribution in [0.5, 0.6) is 5.75 Å². The van der Waals surface area contributed by atoms with Gasteiger partial charge in [-0.25, -0.2) is 16.8 Å². The predicted octanol–water partition coefficient (Wildman–Crippen LogP) is 3.99. The van der Waals surface area contributed by atoms with Crippen molar-refractivity contribution in [2.45, 2.75) is 28.9 Å². The molecule has 0 aliphatic carbocycles. The van der Waals surface area contributed by atoms with Gasteiger partial charge in [0.25, 0.3) is 20.0 Å². The number of thiophene rings is 1. The Hall–Kier alpha value is -2.93. The lowest BCUT2D eigenvalue weighted by atomic mass is 9.99. The van der Waals surface area contributed by atoms with Gasteiger partial charge < -0.3 is 10.1 Å². The molecule has 12 heteroatoms. The van der Waals surface area contributed by atoms with E-state index in [0.29, 0.717) is 43.1 Å². The first-order valence-electron chi connectivity index (χ1n) is 11.4. The van der Waals surface area contributed by atoms with Crippen molar-refractivity contribution in [3.05, 3.63) is 66.0 Å². The van der Waals surface area contributed by atoms with Crippen LogP contribution in [-0.4, -0.2) is 46.7 Å². The van der Waals surface area contributed by atoms with Crippen LogP contribution in [0.15, 0.2) is 75.1 Å². The third-order valence-corrected chi connectivity index (χ3v) is 10.3. The van der Waals surface area contributed by atoms with Crippen LogP contribution in [0.1, 0.15) is 19.8 Å². The first kappa shape index (κ1) is 26.1. The van der Waals surface area contributed by atoms with Gasteiger partial charge in [-0.3, -0.25) is 9.52 Å². The highest BCUT2D eigenvalue weighted by atomic mass is 32.2. The molecule has 1 atom stereocenters. The van der Waals surface area contributed by atoms with Crippen molar-refractivity contribution >= 4 is 48.7 Å². The Kier molecular flexibility index (Phi) is 7.98. The maximum atomic E-state index is 12.9. The van der Waals surface area contributed by atoms with Crippen LogP contribution in [0.25, 0.3) is 0 Å². The number of nitrogens with one attached hydrogen (secondary N) is 2. The lowest BCUT2D eigenvalue weighted by molar-refractivity contribution is -0.120. The molecule has 36 heavy (non-hydrogen) atoms. The molecule has 2 N–H and O–H groups in total. The molecule has 0 spiro atoms. The molecule has 0 saturated carbocycles. The number of rotatable bonds is 9. The Morgan fingerprint density at radius 3 is 2.36 bits per heavy atom. The van der Waals surface area contributed by atoms with Gasteiger partial charge in [0.1, 0.15) is 9.96 Å². The number of nitrogens with zero attached hydrogens (tertiary/aromatic N) is 1. The van der Waals surface area contributed by atoms with Gasteiger partial charge in [-0.05, 0) is 79.7 Å². The number of piperidine rings is 1. The summed E-state index contributed by atoms with van der Waals surface area (Å²) in [5.74, 6) is -0.159. The summed E-state index contributed by atoms with van der Waals surface area (Å²) in [4.78, 5) is 12.9. The monoisotopic (exact) mass is 549 g/mol. The number of hydrogen-bond donors (Lipinski definition) is 2. The van der Waals surface area contributed by atoms with E-state index in [4.69, 9.17) is 4.74 Å². The molecular formula is C24H27N3O6S3. The van der Waals surface area contributed by atoms with Gasteiger partial charge in [-0.2, -0.15) is 4.31 Å². The maximum absolute atomic E-state index is 12.9. The fraction of sp³-hybridized carbons (Fsp3) is 0.292. The Morgan fingerprint density at radius 1 is 1.03 bits per heavy atom. The van der Waals surface area contributed by atoms with E-state index >= 15 is 0 Å². The largest absolute Gasteiger partial charge is 0.494 e. The number of amides is 1. The average molecular weight is 550 g/mol. The second-order valence-corrected chi connectivity index (χ2v) is 13.0. The zero-order valence-corrected chi connectivity index (χ0v) is 22.0. The van der Waals surface area contributed by atoms with Gasteiger partial charge in [-0.15, -0.1) is 11.3 Å². The minimum Gasteiger partial charge on any atom is -0.494 e. The number of carbonyl (C=O) groups excluding carboxylic acids is 1. The molecule has 0 unspecified atom stereocenters. The number of benzene rings is 2. The van der Waals surface area contributed by atoms with Gasteiger partial charge in [0.15, 0.2) is 0 Å². The summed E-state index contributed by atoms with van der Waals surface area (Å²) in [5, 5.41) is 4.48. The van der Waals surface area contributed by atoms with E-state index in [1.807, 2.05) is 6.92 Å². The molecule has 1 saturated heterocycles. The van der Waals surface area contributed by atoms with Crippen molar-refractivity contribution in [2.75, 3.05) is 29.7 Å². The Bertz CT molecular complexity index is 1390. The van der Waals surface area contributed by atoms with Crippen molar-refractivity contribution in [3.8, 4) is 5.75 Å². The highest BCUT2D eigenvalue weighted by molar-refractivity contribution is 7.92. The normalized spacial score (nSPS) is 16.9. The molecule has 4 rings (SSSR count). The fourth-order valence-corrected chi connectivity index (χ4v) is 7.60. The summed E-state index contributed by atoms with van der Waals surface area (Å²) in [5.41, 5.74) is 0.827. The average Bonchev–Trinajstić information content (AvgIpc) is 3.42. The zero-order valence-electron chi connectivity index (χ0n) is 19.6. The Balaban J connectivity index is 1.38. The molecule has 1 aliphatic rings. The van der Waals surface area contributed by atoms with Crippen LogP contribution >= 0.6 is 11.3 Å². The van der Waals surface area contributed by atoms with Crippen molar-refractivity contribution in [2.24, 2.45) is 5.92 Å². The number of carbonyl (C=O) groups is 1. The minimum atomic E-state index is -3.83. The van der Waals surface area contributed by atoms with E-state index in [1.165, 1.54) is 28.6 Å². The van der Waals surface area contributed by atoms with E-state index in [0.717, 1.165) is 11.3 Å². The molecule has 0 bridgehead atoms. The molecule has 2 aromatic carbocycles. The number of anilines is 2. The predicted molar refractivity (Wildman–Crippen MR) is 139 cm³/mol. The number of ether oxygens (including phenoxy) is 1. The molecule has 2 heterocycles. The third-order valence-electron chi connectivity index (χ3n) is 5.69. The summed E-state index contributed by atoms with van der Waals surface area (Å²) >= 11 is 1.15. The standard InChI is InChI=1S/C24H27N3O6S3/c1-2-33-21-11-7-20(8-12-21)26-35(29,30)22-13-9-19(10-14-22)25-24(28)18-5-3-15-27(17-18)36(31,32)23-6-4-16-34-23/h4,6-14,16,18,26H,2-3,5,15,17H2,1H3,(H,25,28)/t18-/m1/s1. The molecule has 1 aromatic heterocycles. The van der Waals surface area contributed by atoms with Gasteiger partial charge in [0.05, 0.1) is 17.4 Å². The summed E-state index contributed by atoms with van der Waals surface area (Å²) in [7, 11) is -7.45. The number of sulfonamides is 2. The van der Waals surface area contributed by atoms with Gasteiger partial charge >= 0.3 is 0 Å². The smallest absolute Gasteiger partial charge is 0.261 e. The molecule has 3 aromatic rings. The summed E-state index contributed by atoms with van der Waals surface area (Å²) in [6.07, 6.45) is 1.15. The van der Waals surface area contributed by atoms with E-state index in [9.17, 15) is 21.6 Å². The van der Waals surface area contributed by atoms with Gasteiger partial charge in [0.2, 0.25) is 5.91 Å². The SMILES string of the molecule is CCOc1ccc(NS(=O)(=O)c2ccc(NC(=O)[C@@H]3CCCN(S(=O)(=O)c4cccs4)C3)cc2)cc1. The van der Waals surface area contributed by atoms with Crippen molar-refractivity contribution in [1.82, 2.24) is 4.31 Å². The molecule has 1 fully saturated rings. The highest BCUT2D eigenvalue weighted by Gasteiger charge is 2.33. The molecule has 192 valence electrons. The maximum Gasteiger partial charge on any atom is 0.261 e. The van der Waals surface area contributed by atoms with Gasteiger partial charge in [-0.1, -0.05) is 6.07 Å². The topological polar surface area (TPSA) is 122 Å². The fourth-order valence-electron chi connectivity index (χ4n) is 3.87.